The van der Waals surface area contributed by atoms with Gasteiger partial charge in [0.25, 0.3) is 11.1 Å². The number of aromatic hydroxyl groups is 2. The molecule has 4 fully saturated rings. The first-order valence-electron chi connectivity index (χ1n) is 12.7. The Morgan fingerprint density at radius 1 is 0.600 bits per heavy atom. The molecule has 2 saturated carbocycles. The number of sulfone groups is 2. The van der Waals surface area contributed by atoms with E-state index in [9.17, 15) is 46.2 Å². The molecule has 2 N–H and O–H groups in total. The van der Waals surface area contributed by atoms with Gasteiger partial charge in [-0.25, -0.2) is 26.4 Å². The van der Waals surface area contributed by atoms with Gasteiger partial charge in [-0.15, -0.1) is 0 Å². The number of aromatic nitrogens is 2. The lowest BCUT2D eigenvalue weighted by Gasteiger charge is -2.29. The quantitative estimate of drug-likeness (QED) is 0.360. The first-order chi connectivity index (χ1) is 18.8. The maximum atomic E-state index is 13.2. The minimum atomic E-state index is -4.38. The summed E-state index contributed by atoms with van der Waals surface area (Å²) in [5.74, 6) is -4.61. The average molecular weight is 597 g/mol. The summed E-state index contributed by atoms with van der Waals surface area (Å²) in [7, 11) is -8.75. The topological polar surface area (TPSA) is 204 Å². The van der Waals surface area contributed by atoms with Gasteiger partial charge in [0.1, 0.15) is 11.1 Å². The van der Waals surface area contributed by atoms with Crippen LogP contribution in [0.4, 0.5) is 0 Å². The number of rotatable bonds is 2. The van der Waals surface area contributed by atoms with E-state index in [0.717, 1.165) is 12.8 Å². The van der Waals surface area contributed by atoms with E-state index in [-0.39, 0.29) is 30.2 Å². The van der Waals surface area contributed by atoms with Gasteiger partial charge in [-0.05, 0) is 37.8 Å². The third kappa shape index (κ3) is 3.25. The molecular formula is C24H24N2O12S2. The molecule has 0 radical (unpaired) electrons. The highest BCUT2D eigenvalue weighted by atomic mass is 32.2. The van der Waals surface area contributed by atoms with Crippen LogP contribution in [0.1, 0.15) is 75.3 Å². The van der Waals surface area contributed by atoms with E-state index in [4.69, 9.17) is 9.47 Å². The van der Waals surface area contributed by atoms with Gasteiger partial charge in [0, 0.05) is 25.7 Å². The summed E-state index contributed by atoms with van der Waals surface area (Å²) < 4.78 is 63.9. The maximum absolute atomic E-state index is 13.2. The third-order valence-electron chi connectivity index (χ3n) is 8.23. The highest BCUT2D eigenvalue weighted by Gasteiger charge is 2.59. The number of hydrogen-bond acceptors (Lipinski definition) is 12. The van der Waals surface area contributed by atoms with Crippen LogP contribution < -0.4 is 11.1 Å². The van der Waals surface area contributed by atoms with Gasteiger partial charge in [-0.3, -0.25) is 9.59 Å². The van der Waals surface area contributed by atoms with Crippen LogP contribution in [0, 0.1) is 0 Å². The number of ether oxygens (including phenoxy) is 2. The molecule has 4 aliphatic rings. The Balaban J connectivity index is 1.47. The molecule has 2 aliphatic carbocycles. The zero-order chi connectivity index (χ0) is 28.8. The summed E-state index contributed by atoms with van der Waals surface area (Å²) in [5.41, 5.74) is -4.18. The number of carbonyl (C=O) groups is 2. The van der Waals surface area contributed by atoms with Gasteiger partial charge in [-0.2, -0.15) is 9.03 Å². The molecule has 2 saturated heterocycles. The van der Waals surface area contributed by atoms with Crippen molar-refractivity contribution in [1.29, 1.82) is 0 Å². The standard InChI is InChI=1S/C24H24N2O12S2/c27-17-13(11-15-21(31)37-23(39(15,33)34)7-3-1-4-8-23)18(28)26-20(30)14(19(29)25(17)26)12-16-22(32)38-24(40(16,35)36)9-5-2-6-10-24/h11-12,27,29H,1-10H2. The molecule has 6 rings (SSSR count). The minimum absolute atomic E-state index is 0.0717. The molecule has 0 bridgehead atoms. The van der Waals surface area contributed by atoms with E-state index in [0.29, 0.717) is 42.4 Å². The lowest BCUT2D eigenvalue weighted by atomic mass is 9.97. The van der Waals surface area contributed by atoms with E-state index in [1.54, 1.807) is 0 Å². The van der Waals surface area contributed by atoms with E-state index in [2.05, 4.69) is 0 Å². The van der Waals surface area contributed by atoms with Crippen LogP contribution in [0.3, 0.4) is 0 Å². The van der Waals surface area contributed by atoms with E-state index in [1.165, 1.54) is 0 Å². The Labute approximate surface area is 226 Å². The van der Waals surface area contributed by atoms with E-state index in [1.807, 2.05) is 0 Å². The molecule has 0 amide bonds. The van der Waals surface area contributed by atoms with Crippen molar-refractivity contribution < 1.29 is 46.1 Å². The summed E-state index contributed by atoms with van der Waals surface area (Å²) >= 11 is 0. The van der Waals surface area contributed by atoms with Gasteiger partial charge in [0.2, 0.25) is 41.3 Å². The lowest BCUT2D eigenvalue weighted by Crippen LogP contribution is -2.38. The molecule has 0 atom stereocenters. The van der Waals surface area contributed by atoms with E-state index >= 15 is 0 Å². The van der Waals surface area contributed by atoms with E-state index < -0.39 is 85.3 Å². The summed E-state index contributed by atoms with van der Waals surface area (Å²) in [6.07, 6.45) is 5.02. The average Bonchev–Trinajstić information content (AvgIpc) is 3.43. The van der Waals surface area contributed by atoms with Crippen molar-refractivity contribution in [2.75, 3.05) is 0 Å². The molecule has 14 nitrogen and oxygen atoms in total. The second-order valence-electron chi connectivity index (χ2n) is 10.5. The van der Waals surface area contributed by atoms with Gasteiger partial charge in [-0.1, -0.05) is 12.8 Å². The molecule has 16 heteroatoms. The zero-order valence-corrected chi connectivity index (χ0v) is 22.5. The van der Waals surface area contributed by atoms with Crippen molar-refractivity contribution in [3.63, 3.8) is 0 Å². The van der Waals surface area contributed by atoms with Crippen molar-refractivity contribution in [2.45, 2.75) is 74.1 Å². The van der Waals surface area contributed by atoms with Gasteiger partial charge < -0.3 is 19.7 Å². The van der Waals surface area contributed by atoms with Crippen LogP contribution in [0.15, 0.2) is 19.4 Å². The van der Waals surface area contributed by atoms with Crippen molar-refractivity contribution in [3.05, 3.63) is 41.6 Å². The Kier molecular flexibility index (Phi) is 5.59. The first kappa shape index (κ1) is 26.6. The maximum Gasteiger partial charge on any atom is 0.351 e. The van der Waals surface area contributed by atoms with Crippen LogP contribution in [0.2, 0.25) is 0 Å². The highest BCUT2D eigenvalue weighted by Crippen LogP contribution is 2.47. The molecule has 2 spiro atoms. The lowest BCUT2D eigenvalue weighted by molar-refractivity contribution is -0.146. The van der Waals surface area contributed by atoms with Gasteiger partial charge >= 0.3 is 11.9 Å². The number of nitrogens with zero attached hydrogens (tertiary/aromatic N) is 2. The van der Waals surface area contributed by atoms with Gasteiger partial charge in [0.15, 0.2) is 9.81 Å². The molecule has 2 aliphatic heterocycles. The molecule has 0 unspecified atom stereocenters. The summed E-state index contributed by atoms with van der Waals surface area (Å²) in [4.78, 5) is 46.1. The highest BCUT2D eigenvalue weighted by molar-refractivity contribution is 7.98. The smallest absolute Gasteiger partial charge is 0.351 e. The summed E-state index contributed by atoms with van der Waals surface area (Å²) in [6, 6.07) is 0. The van der Waals surface area contributed by atoms with Gasteiger partial charge in [0.05, 0.1) is 0 Å². The SMILES string of the molecule is O=C1OC2(CCCCC2)S(=O)(=O)C1=Cc1c(O)n2c(O)c(C=C3C(=O)OC4(CCCCC4)S3(=O)=O)c(=O)n2c1=O. The monoisotopic (exact) mass is 596 g/mol. The third-order valence-corrected chi connectivity index (χ3v) is 12.9. The van der Waals surface area contributed by atoms with Crippen LogP contribution in [-0.4, -0.2) is 57.9 Å². The second-order valence-corrected chi connectivity index (χ2v) is 14.8. The number of carbonyl (C=O) groups excluding carboxylic acids is 2. The van der Waals surface area contributed by atoms with Crippen molar-refractivity contribution in [3.8, 4) is 11.8 Å². The first-order valence-corrected chi connectivity index (χ1v) is 15.7. The number of hydrogen-bond donors (Lipinski definition) is 2. The molecule has 2 aromatic rings. The van der Waals surface area contributed by atoms with Crippen molar-refractivity contribution in [2.24, 2.45) is 0 Å². The van der Waals surface area contributed by atoms with Crippen molar-refractivity contribution in [1.82, 2.24) is 9.03 Å². The van der Waals surface area contributed by atoms with Crippen LogP contribution in [0.5, 0.6) is 11.8 Å². The Morgan fingerprint density at radius 2 is 0.950 bits per heavy atom. The summed E-state index contributed by atoms with van der Waals surface area (Å²) in [5, 5.41) is 21.5. The molecule has 214 valence electrons. The molecular weight excluding hydrogens is 572 g/mol. The Hall–Kier alpha value is -3.66. The fourth-order valence-corrected chi connectivity index (χ4v) is 9.98. The normalized spacial score (nSPS) is 26.7. The fraction of sp³-hybridized carbons (Fsp3) is 0.500. The predicted molar refractivity (Wildman–Crippen MR) is 136 cm³/mol. The number of fused-ring (bicyclic) bond motifs is 1. The Bertz CT molecular complexity index is 1750. The minimum Gasteiger partial charge on any atom is -0.493 e. The van der Waals surface area contributed by atoms with Crippen LogP contribution >= 0.6 is 0 Å². The van der Waals surface area contributed by atoms with Crippen LogP contribution in [0.25, 0.3) is 12.2 Å². The zero-order valence-electron chi connectivity index (χ0n) is 20.9. The second kappa shape index (κ2) is 8.42. The Morgan fingerprint density at radius 3 is 1.27 bits per heavy atom. The predicted octanol–water partition coefficient (Wildman–Crippen LogP) is 0.554. The molecule has 40 heavy (non-hydrogen) atoms. The number of esters is 2. The summed E-state index contributed by atoms with van der Waals surface area (Å²) in [6.45, 7) is 0. The molecule has 0 aromatic carbocycles. The van der Waals surface area contributed by atoms with Crippen LogP contribution in [-0.2, 0) is 38.7 Å². The molecule has 2 aromatic heterocycles. The molecule has 4 heterocycles. The van der Waals surface area contributed by atoms with Crippen molar-refractivity contribution >= 4 is 43.8 Å². The largest absolute Gasteiger partial charge is 0.493 e. The fourth-order valence-electron chi connectivity index (χ4n) is 6.09.